The summed E-state index contributed by atoms with van der Waals surface area (Å²) in [6.45, 7) is 3.55. The maximum absolute atomic E-state index is 12.7. The van der Waals surface area contributed by atoms with E-state index in [1.54, 1.807) is 13.8 Å². The Hall–Kier alpha value is -1.90. The Bertz CT molecular complexity index is 470. The first-order valence-corrected chi connectivity index (χ1v) is 5.58. The first-order chi connectivity index (χ1) is 8.54. The van der Waals surface area contributed by atoms with Crippen LogP contribution in [0.15, 0.2) is 41.6 Å². The van der Waals surface area contributed by atoms with E-state index in [2.05, 4.69) is 5.73 Å². The highest BCUT2D eigenvalue weighted by Crippen LogP contribution is 2.14. The smallest absolute Gasteiger partial charge is 0.341 e. The van der Waals surface area contributed by atoms with Gasteiger partial charge in [-0.15, -0.1) is 5.73 Å². The van der Waals surface area contributed by atoms with Crippen LogP contribution in [0, 0.1) is 5.82 Å². The molecular formula is C14H15FO3. The van der Waals surface area contributed by atoms with Crippen molar-refractivity contribution in [1.29, 1.82) is 0 Å². The van der Waals surface area contributed by atoms with E-state index < -0.39 is 12.1 Å². The van der Waals surface area contributed by atoms with Gasteiger partial charge in [-0.05, 0) is 37.6 Å². The summed E-state index contributed by atoms with van der Waals surface area (Å²) in [5.74, 6) is -0.840. The summed E-state index contributed by atoms with van der Waals surface area (Å²) in [7, 11) is 0. The van der Waals surface area contributed by atoms with Gasteiger partial charge in [0, 0.05) is 0 Å². The van der Waals surface area contributed by atoms with Crippen LogP contribution in [0.4, 0.5) is 4.39 Å². The van der Waals surface area contributed by atoms with E-state index in [4.69, 9.17) is 4.74 Å². The molecule has 96 valence electrons. The molecule has 0 fully saturated rings. The Labute approximate surface area is 105 Å². The first-order valence-electron chi connectivity index (χ1n) is 5.58. The summed E-state index contributed by atoms with van der Waals surface area (Å²) in [6.07, 6.45) is 0.398. The predicted molar refractivity (Wildman–Crippen MR) is 65.3 cm³/mol. The molecule has 0 saturated carbocycles. The van der Waals surface area contributed by atoms with Gasteiger partial charge in [-0.3, -0.25) is 0 Å². The number of aliphatic hydroxyl groups excluding tert-OH is 1. The van der Waals surface area contributed by atoms with E-state index in [0.717, 1.165) is 0 Å². The van der Waals surface area contributed by atoms with Crippen LogP contribution in [-0.2, 0) is 9.53 Å². The summed E-state index contributed by atoms with van der Waals surface area (Å²) in [4.78, 5) is 11.3. The fourth-order valence-corrected chi connectivity index (χ4v) is 1.26. The molecule has 4 heteroatoms. The van der Waals surface area contributed by atoms with Crippen molar-refractivity contribution in [2.24, 2.45) is 0 Å². The predicted octanol–water partition coefficient (Wildman–Crippen LogP) is 2.52. The van der Waals surface area contributed by atoms with Crippen LogP contribution < -0.4 is 0 Å². The molecule has 0 saturated heterocycles. The maximum atomic E-state index is 12.7. The summed E-state index contributed by atoms with van der Waals surface area (Å²) in [5, 5.41) is 9.77. The second-order valence-electron chi connectivity index (χ2n) is 3.65. The van der Waals surface area contributed by atoms with Crippen molar-refractivity contribution >= 4 is 5.97 Å². The van der Waals surface area contributed by atoms with Gasteiger partial charge in [0.15, 0.2) is 0 Å². The number of halogens is 1. The molecule has 0 aliphatic heterocycles. The van der Waals surface area contributed by atoms with E-state index in [-0.39, 0.29) is 11.4 Å². The summed E-state index contributed by atoms with van der Waals surface area (Å²) in [6, 6.07) is 5.46. The number of hydrogen-bond acceptors (Lipinski definition) is 3. The van der Waals surface area contributed by atoms with E-state index in [1.807, 2.05) is 0 Å². The van der Waals surface area contributed by atoms with E-state index in [9.17, 15) is 14.3 Å². The summed E-state index contributed by atoms with van der Waals surface area (Å²) >= 11 is 0. The van der Waals surface area contributed by atoms with Crippen LogP contribution >= 0.6 is 0 Å². The SMILES string of the molecule is CCOC(=O)C(C)=C=CC(O)c1ccc(F)cc1. The van der Waals surface area contributed by atoms with Crippen LogP contribution in [0.5, 0.6) is 0 Å². The molecule has 1 unspecified atom stereocenters. The van der Waals surface area contributed by atoms with Gasteiger partial charge in [-0.2, -0.15) is 0 Å². The molecule has 1 N–H and O–H groups in total. The molecule has 0 amide bonds. The molecule has 0 radical (unpaired) electrons. The monoisotopic (exact) mass is 250 g/mol. The zero-order chi connectivity index (χ0) is 13.5. The highest BCUT2D eigenvalue weighted by molar-refractivity contribution is 5.87. The standard InChI is InChI=1S/C14H15FO3/c1-3-18-14(17)10(2)4-9-13(16)11-5-7-12(15)8-6-11/h5-9,13,16H,3H2,1-2H3. The fraction of sp³-hybridized carbons (Fsp3) is 0.286. The Balaban J connectivity index is 2.80. The van der Waals surface area contributed by atoms with Crippen molar-refractivity contribution < 1.29 is 19.0 Å². The van der Waals surface area contributed by atoms with Crippen molar-refractivity contribution in [3.8, 4) is 0 Å². The molecule has 0 aromatic heterocycles. The molecule has 0 aliphatic carbocycles. The first kappa shape index (κ1) is 14.2. The van der Waals surface area contributed by atoms with Crippen LogP contribution in [0.1, 0.15) is 25.5 Å². The largest absolute Gasteiger partial charge is 0.462 e. The number of esters is 1. The third-order valence-corrected chi connectivity index (χ3v) is 2.25. The van der Waals surface area contributed by atoms with Crippen molar-refractivity contribution in [3.05, 3.63) is 53.0 Å². The molecule has 0 aliphatic rings. The lowest BCUT2D eigenvalue weighted by Gasteiger charge is -2.04. The number of aliphatic hydroxyl groups is 1. The second kappa shape index (κ2) is 6.74. The van der Waals surface area contributed by atoms with Gasteiger partial charge < -0.3 is 9.84 Å². The zero-order valence-corrected chi connectivity index (χ0v) is 10.3. The highest BCUT2D eigenvalue weighted by Gasteiger charge is 2.05. The van der Waals surface area contributed by atoms with Crippen LogP contribution in [0.25, 0.3) is 0 Å². The number of hydrogen-bond donors (Lipinski definition) is 1. The molecule has 0 heterocycles. The van der Waals surface area contributed by atoms with Crippen molar-refractivity contribution in [3.63, 3.8) is 0 Å². The third kappa shape index (κ3) is 4.17. The minimum atomic E-state index is -0.935. The minimum Gasteiger partial charge on any atom is -0.462 e. The van der Waals surface area contributed by atoms with E-state index >= 15 is 0 Å². The number of carbonyl (C=O) groups excluding carboxylic acids is 1. The van der Waals surface area contributed by atoms with Crippen LogP contribution in [0.2, 0.25) is 0 Å². The van der Waals surface area contributed by atoms with Crippen LogP contribution in [-0.4, -0.2) is 17.7 Å². The van der Waals surface area contributed by atoms with Crippen LogP contribution in [0.3, 0.4) is 0 Å². The normalized spacial score (nSPS) is 11.3. The Morgan fingerprint density at radius 3 is 2.67 bits per heavy atom. The maximum Gasteiger partial charge on any atom is 0.341 e. The zero-order valence-electron chi connectivity index (χ0n) is 10.3. The topological polar surface area (TPSA) is 46.5 Å². The molecule has 1 rings (SSSR count). The van der Waals surface area contributed by atoms with Gasteiger partial charge in [0.2, 0.25) is 0 Å². The Kier molecular flexibility index (Phi) is 5.31. The molecule has 1 atom stereocenters. The minimum absolute atomic E-state index is 0.276. The number of rotatable bonds is 4. The quantitative estimate of drug-likeness (QED) is 0.507. The third-order valence-electron chi connectivity index (χ3n) is 2.25. The Morgan fingerprint density at radius 2 is 2.11 bits per heavy atom. The molecule has 1 aromatic carbocycles. The van der Waals surface area contributed by atoms with Gasteiger partial charge in [-0.25, -0.2) is 9.18 Å². The molecular weight excluding hydrogens is 235 g/mol. The summed E-state index contributed by atoms with van der Waals surface area (Å²) in [5.41, 5.74) is 3.46. The van der Waals surface area contributed by atoms with Crippen molar-refractivity contribution in [2.75, 3.05) is 6.61 Å². The van der Waals surface area contributed by atoms with Crippen molar-refractivity contribution in [2.45, 2.75) is 20.0 Å². The fourth-order valence-electron chi connectivity index (χ4n) is 1.26. The molecule has 0 spiro atoms. The average Bonchev–Trinajstić information content (AvgIpc) is 2.36. The lowest BCUT2D eigenvalue weighted by atomic mass is 10.1. The number of ether oxygens (including phenoxy) is 1. The molecule has 18 heavy (non-hydrogen) atoms. The van der Waals surface area contributed by atoms with Gasteiger partial charge in [0.1, 0.15) is 11.9 Å². The molecule has 3 nitrogen and oxygen atoms in total. The average molecular weight is 250 g/mol. The Morgan fingerprint density at radius 1 is 1.50 bits per heavy atom. The number of carbonyl (C=O) groups is 1. The summed E-state index contributed by atoms with van der Waals surface area (Å²) < 4.78 is 17.4. The number of benzene rings is 1. The van der Waals surface area contributed by atoms with Gasteiger partial charge in [0.05, 0.1) is 12.2 Å². The lowest BCUT2D eigenvalue weighted by molar-refractivity contribution is -0.138. The second-order valence-corrected chi connectivity index (χ2v) is 3.65. The highest BCUT2D eigenvalue weighted by atomic mass is 19.1. The molecule has 0 bridgehead atoms. The van der Waals surface area contributed by atoms with Crippen molar-refractivity contribution in [1.82, 2.24) is 0 Å². The van der Waals surface area contributed by atoms with E-state index in [1.165, 1.54) is 30.3 Å². The van der Waals surface area contributed by atoms with Gasteiger partial charge in [-0.1, -0.05) is 12.1 Å². The lowest BCUT2D eigenvalue weighted by Crippen LogP contribution is -2.04. The molecule has 1 aromatic rings. The van der Waals surface area contributed by atoms with Gasteiger partial charge >= 0.3 is 5.97 Å². The van der Waals surface area contributed by atoms with E-state index in [0.29, 0.717) is 12.2 Å². The van der Waals surface area contributed by atoms with Gasteiger partial charge in [0.25, 0.3) is 0 Å².